The van der Waals surface area contributed by atoms with Crippen LogP contribution in [0.4, 0.5) is 0 Å². The maximum absolute atomic E-state index is 5.91. The molecule has 1 aromatic carbocycles. The van der Waals surface area contributed by atoms with E-state index in [1.807, 2.05) is 31.2 Å². The topological polar surface area (TPSA) is 48.9 Å². The summed E-state index contributed by atoms with van der Waals surface area (Å²) in [5.74, 6) is 1.69. The molecule has 1 atom stereocenters. The van der Waals surface area contributed by atoms with Crippen molar-refractivity contribution in [2.75, 3.05) is 26.2 Å². The number of nitrogens with one attached hydrogen (secondary N) is 2. The van der Waals surface area contributed by atoms with Crippen molar-refractivity contribution in [3.8, 4) is 5.75 Å². The lowest BCUT2D eigenvalue weighted by Gasteiger charge is -2.35. The van der Waals surface area contributed by atoms with Gasteiger partial charge < -0.3 is 20.3 Å². The molecule has 1 heterocycles. The van der Waals surface area contributed by atoms with Gasteiger partial charge in [-0.05, 0) is 64.8 Å². The predicted molar refractivity (Wildman–Crippen MR) is 126 cm³/mol. The van der Waals surface area contributed by atoms with Gasteiger partial charge in [-0.3, -0.25) is 0 Å². The Morgan fingerprint density at radius 1 is 1.22 bits per heavy atom. The number of hydrogen-bond acceptors (Lipinski definition) is 3. The van der Waals surface area contributed by atoms with Crippen LogP contribution in [0.25, 0.3) is 0 Å². The van der Waals surface area contributed by atoms with Gasteiger partial charge in [-0.15, -0.1) is 24.0 Å². The third-order valence-corrected chi connectivity index (χ3v) is 4.85. The molecule has 5 nitrogen and oxygen atoms in total. The highest BCUT2D eigenvalue weighted by molar-refractivity contribution is 14.0. The van der Waals surface area contributed by atoms with Crippen LogP contribution in [0.3, 0.4) is 0 Å². The lowest BCUT2D eigenvalue weighted by Crippen LogP contribution is -2.50. The van der Waals surface area contributed by atoms with Gasteiger partial charge in [0.2, 0.25) is 0 Å². The van der Waals surface area contributed by atoms with Crippen molar-refractivity contribution in [2.45, 2.75) is 58.7 Å². The Labute approximate surface area is 186 Å². The van der Waals surface area contributed by atoms with E-state index in [9.17, 15) is 0 Å². The molecule has 154 valence electrons. The highest BCUT2D eigenvalue weighted by Gasteiger charge is 2.21. The third kappa shape index (κ3) is 8.87. The molecular formula is C20H34ClIN4O. The Bertz CT molecular complexity index is 560. The summed E-state index contributed by atoms with van der Waals surface area (Å²) < 4.78 is 5.90. The summed E-state index contributed by atoms with van der Waals surface area (Å²) in [5.41, 5.74) is 0. The fraction of sp³-hybridized carbons (Fsp3) is 0.650. The van der Waals surface area contributed by atoms with Crippen LogP contribution in [0.5, 0.6) is 5.75 Å². The van der Waals surface area contributed by atoms with E-state index in [1.165, 1.54) is 0 Å². The van der Waals surface area contributed by atoms with Gasteiger partial charge in [0.25, 0.3) is 0 Å². The normalized spacial score (nSPS) is 17.3. The van der Waals surface area contributed by atoms with Crippen LogP contribution in [0.15, 0.2) is 29.3 Å². The van der Waals surface area contributed by atoms with Gasteiger partial charge in [0.05, 0.1) is 6.54 Å². The predicted octanol–water partition coefficient (Wildman–Crippen LogP) is 4.15. The Kier molecular flexibility index (Phi) is 11.4. The van der Waals surface area contributed by atoms with Crippen LogP contribution in [0.1, 0.15) is 40.5 Å². The van der Waals surface area contributed by atoms with E-state index in [4.69, 9.17) is 21.3 Å². The lowest BCUT2D eigenvalue weighted by atomic mass is 10.0. The highest BCUT2D eigenvalue weighted by atomic mass is 127. The van der Waals surface area contributed by atoms with Crippen LogP contribution < -0.4 is 15.4 Å². The maximum Gasteiger partial charge on any atom is 0.191 e. The average Bonchev–Trinajstić information content (AvgIpc) is 2.62. The number of benzene rings is 1. The quantitative estimate of drug-likeness (QED) is 0.330. The summed E-state index contributed by atoms with van der Waals surface area (Å²) in [7, 11) is 0. The van der Waals surface area contributed by atoms with Crippen molar-refractivity contribution in [1.82, 2.24) is 15.5 Å². The van der Waals surface area contributed by atoms with Crippen LogP contribution >= 0.6 is 35.6 Å². The molecule has 1 aliphatic rings. The van der Waals surface area contributed by atoms with E-state index in [2.05, 4.69) is 36.3 Å². The van der Waals surface area contributed by atoms with Gasteiger partial charge in [0.15, 0.2) is 5.96 Å². The molecule has 1 aromatic rings. The summed E-state index contributed by atoms with van der Waals surface area (Å²) in [5, 5.41) is 7.64. The molecule has 1 fully saturated rings. The first-order valence-corrected chi connectivity index (χ1v) is 10.1. The maximum atomic E-state index is 5.91. The number of ether oxygens (including phenoxy) is 1. The molecule has 0 aromatic heterocycles. The first-order chi connectivity index (χ1) is 12.5. The van der Waals surface area contributed by atoms with Crippen molar-refractivity contribution in [1.29, 1.82) is 0 Å². The van der Waals surface area contributed by atoms with Crippen molar-refractivity contribution in [3.05, 3.63) is 29.3 Å². The number of halogens is 2. The minimum absolute atomic E-state index is 0. The first-order valence-electron chi connectivity index (χ1n) is 9.69. The molecule has 0 amide bonds. The number of rotatable bonds is 7. The summed E-state index contributed by atoms with van der Waals surface area (Å²) in [6, 6.07) is 8.55. The Hall–Kier alpha value is -0.730. The molecule has 1 saturated heterocycles. The number of hydrogen-bond donors (Lipinski definition) is 2. The van der Waals surface area contributed by atoms with Gasteiger partial charge in [0.1, 0.15) is 11.9 Å². The molecule has 2 N–H and O–H groups in total. The van der Waals surface area contributed by atoms with Crippen LogP contribution in [-0.4, -0.2) is 55.2 Å². The molecule has 0 aliphatic carbocycles. The fourth-order valence-electron chi connectivity index (χ4n) is 3.08. The van der Waals surface area contributed by atoms with Crippen LogP contribution in [0, 0.1) is 0 Å². The smallest absolute Gasteiger partial charge is 0.191 e. The molecular weight excluding hydrogens is 475 g/mol. The van der Waals surface area contributed by atoms with E-state index >= 15 is 0 Å². The van der Waals surface area contributed by atoms with E-state index in [0.717, 1.165) is 44.2 Å². The Morgan fingerprint density at radius 3 is 2.41 bits per heavy atom. The van der Waals surface area contributed by atoms with E-state index < -0.39 is 0 Å². The molecule has 1 aliphatic heterocycles. The molecule has 0 bridgehead atoms. The molecule has 27 heavy (non-hydrogen) atoms. The first kappa shape index (κ1) is 24.3. The van der Waals surface area contributed by atoms with Gasteiger partial charge >= 0.3 is 0 Å². The van der Waals surface area contributed by atoms with E-state index in [0.29, 0.717) is 23.7 Å². The monoisotopic (exact) mass is 508 g/mol. The Morgan fingerprint density at radius 2 is 1.85 bits per heavy atom. The van der Waals surface area contributed by atoms with Crippen LogP contribution in [-0.2, 0) is 0 Å². The standard InChI is InChI=1S/C20H33ClN4O.HI/c1-5-22-20(24-18-10-12-25(13-11-18)15(2)3)23-14-16(4)26-19-8-6-17(21)7-9-19;/h6-9,15-16,18H,5,10-14H2,1-4H3,(H2,22,23,24);1H. The number of aliphatic imine (C=N–C) groups is 1. The largest absolute Gasteiger partial charge is 0.489 e. The number of guanidine groups is 1. The summed E-state index contributed by atoms with van der Waals surface area (Å²) in [6.45, 7) is 12.4. The highest BCUT2D eigenvalue weighted by Crippen LogP contribution is 2.17. The second kappa shape index (κ2) is 12.7. The zero-order valence-electron chi connectivity index (χ0n) is 16.9. The molecule has 0 radical (unpaired) electrons. The second-order valence-electron chi connectivity index (χ2n) is 7.15. The molecule has 1 unspecified atom stereocenters. The van der Waals surface area contributed by atoms with E-state index in [-0.39, 0.29) is 30.1 Å². The molecule has 0 spiro atoms. The van der Waals surface area contributed by atoms with Crippen molar-refractivity contribution in [2.24, 2.45) is 4.99 Å². The van der Waals surface area contributed by atoms with Crippen LogP contribution in [0.2, 0.25) is 5.02 Å². The van der Waals surface area contributed by atoms with Gasteiger partial charge in [-0.1, -0.05) is 11.6 Å². The molecule has 0 saturated carbocycles. The number of piperidine rings is 1. The van der Waals surface area contributed by atoms with Gasteiger partial charge in [0, 0.05) is 36.7 Å². The molecule has 7 heteroatoms. The summed E-state index contributed by atoms with van der Waals surface area (Å²) in [6.07, 6.45) is 2.30. The number of likely N-dealkylation sites (tertiary alicyclic amines) is 1. The number of nitrogens with zero attached hydrogens (tertiary/aromatic N) is 2. The zero-order chi connectivity index (χ0) is 18.9. The summed E-state index contributed by atoms with van der Waals surface area (Å²) in [4.78, 5) is 7.24. The second-order valence-corrected chi connectivity index (χ2v) is 7.59. The minimum atomic E-state index is -0.00517. The Balaban J connectivity index is 0.00000364. The van der Waals surface area contributed by atoms with E-state index in [1.54, 1.807) is 0 Å². The lowest BCUT2D eigenvalue weighted by molar-refractivity contribution is 0.167. The van der Waals surface area contributed by atoms with Crippen molar-refractivity contribution in [3.63, 3.8) is 0 Å². The third-order valence-electron chi connectivity index (χ3n) is 4.60. The average molecular weight is 509 g/mol. The molecule has 2 rings (SSSR count). The fourth-order valence-corrected chi connectivity index (χ4v) is 3.20. The minimum Gasteiger partial charge on any atom is -0.489 e. The van der Waals surface area contributed by atoms with Gasteiger partial charge in [-0.2, -0.15) is 0 Å². The van der Waals surface area contributed by atoms with Crippen molar-refractivity contribution < 1.29 is 4.74 Å². The van der Waals surface area contributed by atoms with Crippen molar-refractivity contribution >= 4 is 41.5 Å². The van der Waals surface area contributed by atoms with Gasteiger partial charge in [-0.25, -0.2) is 4.99 Å². The SMILES string of the molecule is CCNC(=NCC(C)Oc1ccc(Cl)cc1)NC1CCN(C(C)C)CC1.I. The summed E-state index contributed by atoms with van der Waals surface area (Å²) >= 11 is 5.91. The zero-order valence-corrected chi connectivity index (χ0v) is 20.0.